The van der Waals surface area contributed by atoms with Crippen molar-refractivity contribution in [3.63, 3.8) is 0 Å². The van der Waals surface area contributed by atoms with Crippen LogP contribution in [0.15, 0.2) is 42.6 Å². The highest BCUT2D eigenvalue weighted by Crippen LogP contribution is 2.19. The van der Waals surface area contributed by atoms with Crippen LogP contribution >= 0.6 is 0 Å². The first-order valence-corrected chi connectivity index (χ1v) is 7.89. The Morgan fingerprint density at radius 1 is 1.17 bits per heavy atom. The number of anilines is 2. The summed E-state index contributed by atoms with van der Waals surface area (Å²) in [4.78, 5) is 16.5. The molecule has 0 saturated carbocycles. The molecule has 0 saturated heterocycles. The number of hydrogen-bond donors (Lipinski definition) is 2. The molecule has 1 aromatic heterocycles. The number of nitrogens with zero attached hydrogens (tertiary/aromatic N) is 1. The van der Waals surface area contributed by atoms with Crippen LogP contribution in [0.25, 0.3) is 0 Å². The van der Waals surface area contributed by atoms with Crippen LogP contribution in [-0.4, -0.2) is 24.5 Å². The number of unbranched alkanes of at least 4 members (excludes halogenated alkanes) is 2. The molecule has 1 aromatic carbocycles. The fraction of sp³-hybridized carbons (Fsp3) is 0.333. The van der Waals surface area contributed by atoms with E-state index in [0.29, 0.717) is 17.1 Å². The van der Waals surface area contributed by atoms with Crippen molar-refractivity contribution in [1.82, 2.24) is 4.98 Å². The summed E-state index contributed by atoms with van der Waals surface area (Å²) in [7, 11) is 1.55. The van der Waals surface area contributed by atoms with Crippen molar-refractivity contribution in [3.05, 3.63) is 48.2 Å². The van der Waals surface area contributed by atoms with Crippen molar-refractivity contribution in [2.45, 2.75) is 26.2 Å². The van der Waals surface area contributed by atoms with E-state index in [2.05, 4.69) is 22.5 Å². The van der Waals surface area contributed by atoms with Crippen molar-refractivity contribution in [2.24, 2.45) is 0 Å². The average Bonchev–Trinajstić information content (AvgIpc) is 2.60. The Morgan fingerprint density at radius 3 is 2.70 bits per heavy atom. The molecular formula is C18H23N3O2. The molecule has 0 bridgehead atoms. The zero-order valence-corrected chi connectivity index (χ0v) is 13.6. The van der Waals surface area contributed by atoms with Crippen molar-refractivity contribution >= 4 is 17.4 Å². The third-order valence-electron chi connectivity index (χ3n) is 3.47. The number of carbonyl (C=O) groups excluding carboxylic acids is 1. The van der Waals surface area contributed by atoms with Gasteiger partial charge in [0.05, 0.1) is 24.6 Å². The predicted molar refractivity (Wildman–Crippen MR) is 93.2 cm³/mol. The zero-order chi connectivity index (χ0) is 16.5. The molecule has 0 fully saturated rings. The minimum Gasteiger partial charge on any atom is -0.496 e. The molecule has 0 spiro atoms. The zero-order valence-electron chi connectivity index (χ0n) is 13.6. The Labute approximate surface area is 137 Å². The number of nitrogens with one attached hydrogen (secondary N) is 2. The minimum atomic E-state index is -0.237. The number of hydrogen-bond acceptors (Lipinski definition) is 4. The number of para-hydroxylation sites is 1. The Balaban J connectivity index is 1.94. The van der Waals surface area contributed by atoms with Gasteiger partial charge in [0.2, 0.25) is 0 Å². The molecule has 23 heavy (non-hydrogen) atoms. The lowest BCUT2D eigenvalue weighted by Gasteiger charge is -2.09. The highest BCUT2D eigenvalue weighted by Gasteiger charge is 2.11. The molecule has 2 N–H and O–H groups in total. The monoisotopic (exact) mass is 313 g/mol. The van der Waals surface area contributed by atoms with Crippen LogP contribution in [0.5, 0.6) is 5.75 Å². The number of carbonyl (C=O) groups is 1. The summed E-state index contributed by atoms with van der Waals surface area (Å²) in [5.41, 5.74) is 1.44. The fourth-order valence-corrected chi connectivity index (χ4v) is 2.20. The maximum atomic E-state index is 12.3. The molecule has 2 rings (SSSR count). The number of methoxy groups -OCH3 is 1. The highest BCUT2D eigenvalue weighted by atomic mass is 16.5. The van der Waals surface area contributed by atoms with E-state index in [0.717, 1.165) is 18.7 Å². The van der Waals surface area contributed by atoms with Crippen LogP contribution in [0, 0.1) is 0 Å². The van der Waals surface area contributed by atoms with Crippen LogP contribution in [0.3, 0.4) is 0 Å². The third kappa shape index (κ3) is 4.98. The Hall–Kier alpha value is -2.56. The normalized spacial score (nSPS) is 10.2. The van der Waals surface area contributed by atoms with Gasteiger partial charge in [0.15, 0.2) is 0 Å². The Bertz CT molecular complexity index is 626. The standard InChI is InChI=1S/C18H23N3O2/c1-3-4-7-12-19-14-10-11-17(20-13-14)21-18(22)15-8-5-6-9-16(15)23-2/h5-6,8-11,13,19H,3-4,7,12H2,1-2H3,(H,20,21,22). The summed E-state index contributed by atoms with van der Waals surface area (Å²) in [6.07, 6.45) is 5.29. The summed E-state index contributed by atoms with van der Waals surface area (Å²) >= 11 is 0. The highest BCUT2D eigenvalue weighted by molar-refractivity contribution is 6.05. The van der Waals surface area contributed by atoms with Gasteiger partial charge in [-0.2, -0.15) is 0 Å². The molecule has 0 radical (unpaired) electrons. The second-order valence-corrected chi connectivity index (χ2v) is 5.22. The largest absolute Gasteiger partial charge is 0.496 e. The summed E-state index contributed by atoms with van der Waals surface area (Å²) < 4.78 is 5.20. The van der Waals surface area contributed by atoms with Crippen LogP contribution in [-0.2, 0) is 0 Å². The molecule has 0 atom stereocenters. The molecule has 122 valence electrons. The van der Waals surface area contributed by atoms with Crippen LogP contribution in [0.2, 0.25) is 0 Å². The van der Waals surface area contributed by atoms with E-state index in [4.69, 9.17) is 4.74 Å². The summed E-state index contributed by atoms with van der Waals surface area (Å²) in [6.45, 7) is 3.11. The summed E-state index contributed by atoms with van der Waals surface area (Å²) in [6, 6.07) is 10.8. The second-order valence-electron chi connectivity index (χ2n) is 5.22. The van der Waals surface area contributed by atoms with E-state index in [9.17, 15) is 4.79 Å². The number of rotatable bonds is 8. The van der Waals surface area contributed by atoms with Gasteiger partial charge in [0.1, 0.15) is 11.6 Å². The van der Waals surface area contributed by atoms with Gasteiger partial charge in [0, 0.05) is 6.54 Å². The Morgan fingerprint density at radius 2 is 2.00 bits per heavy atom. The van der Waals surface area contributed by atoms with E-state index < -0.39 is 0 Å². The molecule has 5 heteroatoms. The SMILES string of the molecule is CCCCCNc1ccc(NC(=O)c2ccccc2OC)nc1. The molecule has 1 heterocycles. The number of pyridine rings is 1. The number of amides is 1. The van der Waals surface area contributed by atoms with E-state index >= 15 is 0 Å². The average molecular weight is 313 g/mol. The van der Waals surface area contributed by atoms with E-state index in [1.165, 1.54) is 12.8 Å². The van der Waals surface area contributed by atoms with Gasteiger partial charge >= 0.3 is 0 Å². The fourth-order valence-electron chi connectivity index (χ4n) is 2.20. The molecule has 2 aromatic rings. The quantitative estimate of drug-likeness (QED) is 0.724. The van der Waals surface area contributed by atoms with Crippen molar-refractivity contribution in [3.8, 4) is 5.75 Å². The molecular weight excluding hydrogens is 290 g/mol. The molecule has 1 amide bonds. The maximum absolute atomic E-state index is 12.3. The number of ether oxygens (including phenoxy) is 1. The van der Waals surface area contributed by atoms with E-state index in [1.807, 2.05) is 12.1 Å². The van der Waals surface area contributed by atoms with E-state index in [-0.39, 0.29) is 5.91 Å². The molecule has 5 nitrogen and oxygen atoms in total. The van der Waals surface area contributed by atoms with Gasteiger partial charge < -0.3 is 15.4 Å². The maximum Gasteiger partial charge on any atom is 0.260 e. The van der Waals surface area contributed by atoms with Crippen LogP contribution < -0.4 is 15.4 Å². The van der Waals surface area contributed by atoms with Gasteiger partial charge in [-0.15, -0.1) is 0 Å². The van der Waals surface area contributed by atoms with E-state index in [1.54, 1.807) is 37.6 Å². The lowest BCUT2D eigenvalue weighted by molar-refractivity contribution is 0.102. The lowest BCUT2D eigenvalue weighted by atomic mass is 10.2. The third-order valence-corrected chi connectivity index (χ3v) is 3.47. The summed E-state index contributed by atoms with van der Waals surface area (Å²) in [5.74, 6) is 0.817. The molecule has 0 aliphatic heterocycles. The lowest BCUT2D eigenvalue weighted by Crippen LogP contribution is -2.14. The van der Waals surface area contributed by atoms with Gasteiger partial charge in [-0.25, -0.2) is 4.98 Å². The van der Waals surface area contributed by atoms with Gasteiger partial charge in [-0.1, -0.05) is 31.9 Å². The second kappa shape index (κ2) is 8.78. The Kier molecular flexibility index (Phi) is 6.41. The van der Waals surface area contributed by atoms with Crippen molar-refractivity contribution in [1.29, 1.82) is 0 Å². The topological polar surface area (TPSA) is 63.2 Å². The first-order chi connectivity index (χ1) is 11.2. The molecule has 0 aliphatic rings. The summed E-state index contributed by atoms with van der Waals surface area (Å²) in [5, 5.41) is 6.09. The number of benzene rings is 1. The predicted octanol–water partition coefficient (Wildman–Crippen LogP) is 3.94. The molecule has 0 aliphatic carbocycles. The smallest absolute Gasteiger partial charge is 0.260 e. The van der Waals surface area contributed by atoms with Crippen molar-refractivity contribution in [2.75, 3.05) is 24.3 Å². The first kappa shape index (κ1) is 16.8. The minimum absolute atomic E-state index is 0.237. The molecule has 0 unspecified atom stereocenters. The van der Waals surface area contributed by atoms with Gasteiger partial charge in [0.25, 0.3) is 5.91 Å². The van der Waals surface area contributed by atoms with Crippen LogP contribution in [0.4, 0.5) is 11.5 Å². The van der Waals surface area contributed by atoms with Gasteiger partial charge in [-0.05, 0) is 30.7 Å². The first-order valence-electron chi connectivity index (χ1n) is 7.89. The van der Waals surface area contributed by atoms with Crippen molar-refractivity contribution < 1.29 is 9.53 Å². The van der Waals surface area contributed by atoms with Crippen LogP contribution in [0.1, 0.15) is 36.5 Å². The van der Waals surface area contributed by atoms with Gasteiger partial charge in [-0.3, -0.25) is 4.79 Å². The number of aromatic nitrogens is 1.